The summed E-state index contributed by atoms with van der Waals surface area (Å²) >= 11 is 0. The molecule has 1 aliphatic carbocycles. The molecule has 4 nitrogen and oxygen atoms in total. The summed E-state index contributed by atoms with van der Waals surface area (Å²) < 4.78 is 20.4. The minimum Gasteiger partial charge on any atom is -0.459 e. The molecule has 1 saturated carbocycles. The van der Waals surface area contributed by atoms with Gasteiger partial charge in [-0.2, -0.15) is 0 Å². The third kappa shape index (κ3) is 7.90. The van der Waals surface area contributed by atoms with E-state index in [1.807, 2.05) is 12.4 Å². The minimum absolute atomic E-state index is 0.0173. The molecular formula is C28H39FN2O2. The fourth-order valence-corrected chi connectivity index (χ4v) is 4.64. The summed E-state index contributed by atoms with van der Waals surface area (Å²) in [6, 6.07) is 4.52. The summed E-state index contributed by atoms with van der Waals surface area (Å²) in [5.41, 5.74) is 1.64. The summed E-state index contributed by atoms with van der Waals surface area (Å²) in [5, 5.41) is 0. The number of aromatic nitrogens is 2. The van der Waals surface area contributed by atoms with Crippen molar-refractivity contribution in [2.24, 2.45) is 5.92 Å². The maximum atomic E-state index is 14.7. The van der Waals surface area contributed by atoms with Crippen molar-refractivity contribution in [1.82, 2.24) is 9.97 Å². The molecule has 0 saturated heterocycles. The van der Waals surface area contributed by atoms with Crippen LogP contribution in [-0.4, -0.2) is 22.0 Å². The van der Waals surface area contributed by atoms with Crippen molar-refractivity contribution in [1.29, 1.82) is 0 Å². The number of ether oxygens (including phenoxy) is 1. The van der Waals surface area contributed by atoms with E-state index in [2.05, 4.69) is 23.8 Å². The van der Waals surface area contributed by atoms with Crippen LogP contribution in [0, 0.1) is 11.7 Å². The number of hydrogen-bond donors (Lipinski definition) is 0. The van der Waals surface area contributed by atoms with Crippen LogP contribution in [0.5, 0.6) is 0 Å². The number of carbonyl (C=O) groups is 1. The van der Waals surface area contributed by atoms with E-state index in [9.17, 15) is 9.18 Å². The van der Waals surface area contributed by atoms with Crippen LogP contribution in [0.4, 0.5) is 4.39 Å². The molecule has 1 aliphatic rings. The van der Waals surface area contributed by atoms with Crippen molar-refractivity contribution < 1.29 is 13.9 Å². The van der Waals surface area contributed by atoms with Gasteiger partial charge in [-0.05, 0) is 62.1 Å². The Morgan fingerprint density at radius 2 is 1.67 bits per heavy atom. The van der Waals surface area contributed by atoms with E-state index in [1.54, 1.807) is 6.07 Å². The fourth-order valence-electron chi connectivity index (χ4n) is 4.64. The number of esters is 1. The van der Waals surface area contributed by atoms with Gasteiger partial charge in [0.25, 0.3) is 0 Å². The number of aryl methyl sites for hydroxylation is 1. The van der Waals surface area contributed by atoms with Gasteiger partial charge in [0.15, 0.2) is 5.82 Å². The second kappa shape index (κ2) is 13.4. The summed E-state index contributed by atoms with van der Waals surface area (Å²) in [6.07, 6.45) is 18.3. The lowest BCUT2D eigenvalue weighted by molar-refractivity contribution is 0.0156. The fraction of sp³-hybridized carbons (Fsp3) is 0.607. The molecule has 1 aromatic carbocycles. The van der Waals surface area contributed by atoms with Crippen LogP contribution in [0.2, 0.25) is 0 Å². The van der Waals surface area contributed by atoms with Crippen molar-refractivity contribution >= 4 is 5.97 Å². The van der Waals surface area contributed by atoms with Crippen LogP contribution >= 0.6 is 0 Å². The molecular weight excluding hydrogens is 415 g/mol. The predicted octanol–water partition coefficient (Wildman–Crippen LogP) is 7.70. The van der Waals surface area contributed by atoms with E-state index in [4.69, 9.17) is 4.74 Å². The number of unbranched alkanes of at least 4 members (excludes halogenated alkanes) is 5. The van der Waals surface area contributed by atoms with Crippen molar-refractivity contribution in [2.75, 3.05) is 0 Å². The Bertz CT molecular complexity index is 861. The van der Waals surface area contributed by atoms with E-state index in [0.29, 0.717) is 11.4 Å². The molecule has 0 atom stereocenters. The zero-order chi connectivity index (χ0) is 23.5. The van der Waals surface area contributed by atoms with Gasteiger partial charge >= 0.3 is 5.97 Å². The highest BCUT2D eigenvalue weighted by atomic mass is 19.1. The van der Waals surface area contributed by atoms with E-state index < -0.39 is 11.8 Å². The Labute approximate surface area is 198 Å². The molecule has 33 heavy (non-hydrogen) atoms. The Kier molecular flexibility index (Phi) is 10.3. The SMILES string of the molecule is CCCCCCc1cnc(-c2ccc(C(=O)O[C@H]3CC[C@H](CCCCC)CC3)c(F)c2)nc1. The molecule has 0 aliphatic heterocycles. The van der Waals surface area contributed by atoms with Gasteiger partial charge in [-0.15, -0.1) is 0 Å². The highest BCUT2D eigenvalue weighted by Gasteiger charge is 2.25. The predicted molar refractivity (Wildman–Crippen MR) is 131 cm³/mol. The van der Waals surface area contributed by atoms with Gasteiger partial charge < -0.3 is 4.74 Å². The first kappa shape index (κ1) is 25.3. The molecule has 2 aromatic rings. The van der Waals surface area contributed by atoms with Crippen LogP contribution in [-0.2, 0) is 11.2 Å². The lowest BCUT2D eigenvalue weighted by atomic mass is 9.84. The van der Waals surface area contributed by atoms with Gasteiger partial charge in [0.05, 0.1) is 5.56 Å². The summed E-state index contributed by atoms with van der Waals surface area (Å²) in [6.45, 7) is 4.42. The monoisotopic (exact) mass is 454 g/mol. The van der Waals surface area contributed by atoms with Crippen molar-refractivity contribution in [3.63, 3.8) is 0 Å². The van der Waals surface area contributed by atoms with E-state index in [1.165, 1.54) is 57.1 Å². The summed E-state index contributed by atoms with van der Waals surface area (Å²) in [5.74, 6) is 0.0487. The molecule has 1 heterocycles. The molecule has 1 fully saturated rings. The van der Waals surface area contributed by atoms with E-state index >= 15 is 0 Å². The van der Waals surface area contributed by atoms with E-state index in [0.717, 1.165) is 50.0 Å². The van der Waals surface area contributed by atoms with Crippen molar-refractivity contribution in [2.45, 2.75) is 103 Å². The zero-order valence-corrected chi connectivity index (χ0v) is 20.3. The smallest absolute Gasteiger partial charge is 0.341 e. The number of hydrogen-bond acceptors (Lipinski definition) is 4. The average molecular weight is 455 g/mol. The van der Waals surface area contributed by atoms with Gasteiger partial charge in [-0.3, -0.25) is 0 Å². The minimum atomic E-state index is -0.585. The first-order valence-electron chi connectivity index (χ1n) is 12.9. The van der Waals surface area contributed by atoms with Crippen molar-refractivity contribution in [3.8, 4) is 11.4 Å². The van der Waals surface area contributed by atoms with Crippen LogP contribution in [0.25, 0.3) is 11.4 Å². The number of rotatable bonds is 12. The molecule has 0 amide bonds. The second-order valence-corrected chi connectivity index (χ2v) is 9.46. The summed E-state index contributed by atoms with van der Waals surface area (Å²) in [4.78, 5) is 21.4. The first-order valence-corrected chi connectivity index (χ1v) is 12.9. The molecule has 0 bridgehead atoms. The van der Waals surface area contributed by atoms with Crippen LogP contribution in [0.15, 0.2) is 30.6 Å². The maximum absolute atomic E-state index is 14.7. The lowest BCUT2D eigenvalue weighted by Crippen LogP contribution is -2.25. The van der Waals surface area contributed by atoms with Gasteiger partial charge in [-0.1, -0.05) is 64.9 Å². The number of halogens is 1. The van der Waals surface area contributed by atoms with Crippen molar-refractivity contribution in [3.05, 3.63) is 47.5 Å². The van der Waals surface area contributed by atoms with Crippen LogP contribution < -0.4 is 0 Å². The Morgan fingerprint density at radius 3 is 2.33 bits per heavy atom. The van der Waals surface area contributed by atoms with Gasteiger partial charge in [0.1, 0.15) is 11.9 Å². The molecule has 0 radical (unpaired) electrons. The molecule has 1 aromatic heterocycles. The highest BCUT2D eigenvalue weighted by molar-refractivity contribution is 5.90. The Balaban J connectivity index is 1.51. The standard InChI is InChI=1S/C28H39FN2O2/c1-3-5-7-9-11-22-19-30-27(31-20-22)23-14-17-25(26(29)18-23)28(32)33-24-15-12-21(13-16-24)10-8-6-4-2/h14,17-21,24H,3-13,15-16H2,1-2H3/t21-,24-. The zero-order valence-electron chi connectivity index (χ0n) is 20.3. The highest BCUT2D eigenvalue weighted by Crippen LogP contribution is 2.31. The third-order valence-electron chi connectivity index (χ3n) is 6.75. The second-order valence-electron chi connectivity index (χ2n) is 9.46. The molecule has 0 unspecified atom stereocenters. The van der Waals surface area contributed by atoms with Gasteiger partial charge in [0.2, 0.25) is 0 Å². The van der Waals surface area contributed by atoms with Gasteiger partial charge in [-0.25, -0.2) is 19.2 Å². The Hall–Kier alpha value is -2.30. The number of benzene rings is 1. The van der Waals surface area contributed by atoms with E-state index in [-0.39, 0.29) is 11.7 Å². The van der Waals surface area contributed by atoms with Crippen LogP contribution in [0.1, 0.15) is 107 Å². The van der Waals surface area contributed by atoms with Crippen LogP contribution in [0.3, 0.4) is 0 Å². The molecule has 0 spiro atoms. The third-order valence-corrected chi connectivity index (χ3v) is 6.75. The molecule has 3 rings (SSSR count). The quantitative estimate of drug-likeness (QED) is 0.243. The molecule has 180 valence electrons. The largest absolute Gasteiger partial charge is 0.459 e. The topological polar surface area (TPSA) is 52.1 Å². The number of nitrogens with zero attached hydrogens (tertiary/aromatic N) is 2. The maximum Gasteiger partial charge on any atom is 0.341 e. The molecule has 5 heteroatoms. The molecule has 0 N–H and O–H groups in total. The number of carbonyl (C=O) groups excluding carboxylic acids is 1. The Morgan fingerprint density at radius 1 is 0.970 bits per heavy atom. The average Bonchev–Trinajstić information content (AvgIpc) is 2.83. The first-order chi connectivity index (χ1) is 16.1. The normalized spacial score (nSPS) is 18.3. The summed E-state index contributed by atoms with van der Waals surface area (Å²) in [7, 11) is 0. The lowest BCUT2D eigenvalue weighted by Gasteiger charge is -2.28. The van der Waals surface area contributed by atoms with Gasteiger partial charge in [0, 0.05) is 18.0 Å².